The highest BCUT2D eigenvalue weighted by Gasteiger charge is 2.20. The number of rotatable bonds is 4. The second-order valence-electron chi connectivity index (χ2n) is 4.80. The van der Waals surface area contributed by atoms with Crippen molar-refractivity contribution in [2.75, 3.05) is 24.5 Å². The molecule has 0 bridgehead atoms. The molecule has 1 fully saturated rings. The average molecular weight is 262 g/mol. The Morgan fingerprint density at radius 1 is 1.42 bits per heavy atom. The molecule has 102 valence electrons. The van der Waals surface area contributed by atoms with Gasteiger partial charge in [0.15, 0.2) is 6.29 Å². The van der Waals surface area contributed by atoms with E-state index in [1.165, 1.54) is 6.92 Å². The van der Waals surface area contributed by atoms with Crippen molar-refractivity contribution in [3.63, 3.8) is 0 Å². The molecule has 0 aromatic carbocycles. The van der Waals surface area contributed by atoms with E-state index in [1.807, 2.05) is 0 Å². The van der Waals surface area contributed by atoms with Crippen LogP contribution in [-0.4, -0.2) is 41.8 Å². The monoisotopic (exact) mass is 262 g/mol. The van der Waals surface area contributed by atoms with Crippen LogP contribution in [-0.2, 0) is 4.79 Å². The van der Waals surface area contributed by atoms with Crippen LogP contribution in [0.25, 0.3) is 0 Å². The maximum Gasteiger partial charge on any atom is 0.225 e. The predicted octanol–water partition coefficient (Wildman–Crippen LogP) is 0.642. The Hall–Kier alpha value is -1.98. The van der Waals surface area contributed by atoms with E-state index in [9.17, 15) is 9.59 Å². The SMILES string of the molecule is CC(=O)NCC1CCN(c2ncc(C=O)cn2)CC1. The lowest BCUT2D eigenvalue weighted by atomic mass is 9.97. The van der Waals surface area contributed by atoms with Crippen molar-refractivity contribution in [2.24, 2.45) is 5.92 Å². The maximum atomic E-state index is 10.9. The van der Waals surface area contributed by atoms with Crippen molar-refractivity contribution < 1.29 is 9.59 Å². The topological polar surface area (TPSA) is 75.2 Å². The summed E-state index contributed by atoms with van der Waals surface area (Å²) in [6, 6.07) is 0. The zero-order chi connectivity index (χ0) is 13.7. The van der Waals surface area contributed by atoms with E-state index < -0.39 is 0 Å². The van der Waals surface area contributed by atoms with Gasteiger partial charge in [0.2, 0.25) is 11.9 Å². The molecule has 0 saturated carbocycles. The van der Waals surface area contributed by atoms with Crippen LogP contribution in [0.4, 0.5) is 5.95 Å². The number of carbonyl (C=O) groups is 2. The number of nitrogens with zero attached hydrogens (tertiary/aromatic N) is 3. The van der Waals surface area contributed by atoms with Crippen molar-refractivity contribution in [2.45, 2.75) is 19.8 Å². The number of anilines is 1. The van der Waals surface area contributed by atoms with Crippen molar-refractivity contribution >= 4 is 18.1 Å². The van der Waals surface area contributed by atoms with Gasteiger partial charge in [-0.25, -0.2) is 9.97 Å². The summed E-state index contributed by atoms with van der Waals surface area (Å²) in [6.45, 7) is 4.04. The highest BCUT2D eigenvalue weighted by molar-refractivity contribution is 5.73. The van der Waals surface area contributed by atoms with Gasteiger partial charge in [-0.15, -0.1) is 0 Å². The molecule has 1 aliphatic heterocycles. The number of amides is 1. The first-order valence-corrected chi connectivity index (χ1v) is 6.45. The lowest BCUT2D eigenvalue weighted by Crippen LogP contribution is -2.38. The molecule has 6 nitrogen and oxygen atoms in total. The third kappa shape index (κ3) is 3.74. The zero-order valence-corrected chi connectivity index (χ0v) is 11.0. The fourth-order valence-electron chi connectivity index (χ4n) is 2.18. The summed E-state index contributed by atoms with van der Waals surface area (Å²) in [4.78, 5) is 31.9. The van der Waals surface area contributed by atoms with E-state index >= 15 is 0 Å². The molecular weight excluding hydrogens is 244 g/mol. The summed E-state index contributed by atoms with van der Waals surface area (Å²) in [7, 11) is 0. The van der Waals surface area contributed by atoms with Crippen LogP contribution in [0.15, 0.2) is 12.4 Å². The van der Waals surface area contributed by atoms with Gasteiger partial charge in [0.25, 0.3) is 0 Å². The minimum Gasteiger partial charge on any atom is -0.356 e. The Morgan fingerprint density at radius 3 is 2.58 bits per heavy atom. The molecule has 6 heteroatoms. The molecular formula is C13H18N4O2. The predicted molar refractivity (Wildman–Crippen MR) is 71.0 cm³/mol. The first-order chi connectivity index (χ1) is 9.19. The van der Waals surface area contributed by atoms with Crippen molar-refractivity contribution in [1.82, 2.24) is 15.3 Å². The molecule has 2 rings (SSSR count). The Bertz CT molecular complexity index is 438. The summed E-state index contributed by atoms with van der Waals surface area (Å²) in [5, 5.41) is 2.86. The molecule has 1 aromatic heterocycles. The van der Waals surface area contributed by atoms with Gasteiger partial charge < -0.3 is 10.2 Å². The van der Waals surface area contributed by atoms with Gasteiger partial charge in [-0.2, -0.15) is 0 Å². The Labute approximate surface area is 112 Å². The molecule has 19 heavy (non-hydrogen) atoms. The Balaban J connectivity index is 1.85. The summed E-state index contributed by atoms with van der Waals surface area (Å²) in [6.07, 6.45) is 5.85. The van der Waals surface area contributed by atoms with Crippen LogP contribution in [0.5, 0.6) is 0 Å². The first kappa shape index (κ1) is 13.5. The molecule has 2 heterocycles. The molecule has 1 N–H and O–H groups in total. The van der Waals surface area contributed by atoms with E-state index in [4.69, 9.17) is 0 Å². The van der Waals surface area contributed by atoms with Crippen LogP contribution < -0.4 is 10.2 Å². The molecule has 0 spiro atoms. The fourth-order valence-corrected chi connectivity index (χ4v) is 2.18. The summed E-state index contributed by atoms with van der Waals surface area (Å²) in [5.74, 6) is 1.22. The third-order valence-corrected chi connectivity index (χ3v) is 3.33. The van der Waals surface area contributed by atoms with Crippen molar-refractivity contribution in [3.05, 3.63) is 18.0 Å². The molecule has 0 atom stereocenters. The number of hydrogen-bond donors (Lipinski definition) is 1. The largest absolute Gasteiger partial charge is 0.356 e. The van der Waals surface area contributed by atoms with E-state index in [0.29, 0.717) is 17.4 Å². The average Bonchev–Trinajstić information content (AvgIpc) is 2.46. The number of hydrogen-bond acceptors (Lipinski definition) is 5. The molecule has 0 unspecified atom stereocenters. The van der Waals surface area contributed by atoms with Crippen LogP contribution in [0.3, 0.4) is 0 Å². The van der Waals surface area contributed by atoms with Gasteiger partial charge in [0.05, 0.1) is 5.56 Å². The number of carbonyl (C=O) groups excluding carboxylic acids is 2. The molecule has 1 aromatic rings. The van der Waals surface area contributed by atoms with Gasteiger partial charge in [-0.05, 0) is 18.8 Å². The van der Waals surface area contributed by atoms with Gasteiger partial charge in [0, 0.05) is 39.0 Å². The minimum absolute atomic E-state index is 0.0233. The van der Waals surface area contributed by atoms with Crippen molar-refractivity contribution in [3.8, 4) is 0 Å². The summed E-state index contributed by atoms with van der Waals surface area (Å²) in [5.41, 5.74) is 0.490. The molecule has 0 aliphatic carbocycles. The van der Waals surface area contributed by atoms with Gasteiger partial charge >= 0.3 is 0 Å². The Morgan fingerprint density at radius 2 is 2.05 bits per heavy atom. The van der Waals surface area contributed by atoms with Crippen LogP contribution in [0, 0.1) is 5.92 Å². The van der Waals surface area contributed by atoms with E-state index in [2.05, 4.69) is 20.2 Å². The van der Waals surface area contributed by atoms with Gasteiger partial charge in [0.1, 0.15) is 0 Å². The molecule has 1 amide bonds. The lowest BCUT2D eigenvalue weighted by Gasteiger charge is -2.31. The molecule has 1 saturated heterocycles. The van der Waals surface area contributed by atoms with E-state index in [0.717, 1.165) is 38.8 Å². The van der Waals surface area contributed by atoms with Gasteiger partial charge in [-0.1, -0.05) is 0 Å². The lowest BCUT2D eigenvalue weighted by molar-refractivity contribution is -0.119. The highest BCUT2D eigenvalue weighted by atomic mass is 16.1. The second kappa shape index (κ2) is 6.26. The van der Waals surface area contributed by atoms with Crippen LogP contribution in [0.2, 0.25) is 0 Å². The van der Waals surface area contributed by atoms with Crippen molar-refractivity contribution in [1.29, 1.82) is 0 Å². The number of nitrogens with one attached hydrogen (secondary N) is 1. The van der Waals surface area contributed by atoms with Crippen LogP contribution >= 0.6 is 0 Å². The first-order valence-electron chi connectivity index (χ1n) is 6.45. The quantitative estimate of drug-likeness (QED) is 0.806. The normalized spacial score (nSPS) is 16.2. The number of aromatic nitrogens is 2. The summed E-state index contributed by atoms with van der Waals surface area (Å²) >= 11 is 0. The minimum atomic E-state index is 0.0233. The fraction of sp³-hybridized carbons (Fsp3) is 0.538. The second-order valence-corrected chi connectivity index (χ2v) is 4.80. The number of aldehydes is 1. The van der Waals surface area contributed by atoms with Crippen LogP contribution in [0.1, 0.15) is 30.1 Å². The standard InChI is InChI=1S/C13H18N4O2/c1-10(19)14-6-11-2-4-17(5-3-11)13-15-7-12(9-18)8-16-13/h7-9,11H,2-6H2,1H3,(H,14,19). The van der Waals surface area contributed by atoms with E-state index in [-0.39, 0.29) is 5.91 Å². The summed E-state index contributed by atoms with van der Waals surface area (Å²) < 4.78 is 0. The molecule has 0 radical (unpaired) electrons. The third-order valence-electron chi connectivity index (χ3n) is 3.33. The number of piperidine rings is 1. The maximum absolute atomic E-state index is 10.9. The Kier molecular flexibility index (Phi) is 4.43. The molecule has 1 aliphatic rings. The zero-order valence-electron chi connectivity index (χ0n) is 11.0. The van der Waals surface area contributed by atoms with Gasteiger partial charge in [-0.3, -0.25) is 9.59 Å². The highest BCUT2D eigenvalue weighted by Crippen LogP contribution is 2.19. The smallest absolute Gasteiger partial charge is 0.225 e. The van der Waals surface area contributed by atoms with E-state index in [1.54, 1.807) is 12.4 Å².